The maximum atomic E-state index is 15.0. The van der Waals surface area contributed by atoms with E-state index in [0.717, 1.165) is 38.3 Å². The van der Waals surface area contributed by atoms with Gasteiger partial charge in [-0.1, -0.05) is 12.1 Å². The van der Waals surface area contributed by atoms with Gasteiger partial charge >= 0.3 is 28.4 Å². The summed E-state index contributed by atoms with van der Waals surface area (Å²) in [5.41, 5.74) is 1.01. The minimum atomic E-state index is -5.27. The van der Waals surface area contributed by atoms with Crippen LogP contribution < -0.4 is 15.2 Å². The fourth-order valence-electron chi connectivity index (χ4n) is 3.73. The molecule has 1 heterocycles. The zero-order chi connectivity index (χ0) is 31.5. The summed E-state index contributed by atoms with van der Waals surface area (Å²) in [6, 6.07) is 7.23. The number of piperazine rings is 1. The van der Waals surface area contributed by atoms with E-state index in [1.165, 1.54) is 22.5 Å². The summed E-state index contributed by atoms with van der Waals surface area (Å²) in [4.78, 5) is 36.7. The second-order valence-electron chi connectivity index (χ2n) is 10.1. The number of ether oxygens (including phenoxy) is 1. The van der Waals surface area contributed by atoms with Crippen molar-refractivity contribution in [3.8, 4) is 0 Å². The number of alkyl halides is 3. The minimum Gasteiger partial charge on any atom is -0.444 e. The van der Waals surface area contributed by atoms with E-state index in [1.54, 1.807) is 20.8 Å². The van der Waals surface area contributed by atoms with Crippen molar-refractivity contribution < 1.29 is 49.5 Å². The quantitative estimate of drug-likeness (QED) is 0.377. The van der Waals surface area contributed by atoms with Crippen LogP contribution in [-0.2, 0) is 26.3 Å². The molecule has 1 aliphatic heterocycles. The monoisotopic (exact) mass is 621 g/mol. The Morgan fingerprint density at radius 2 is 1.60 bits per heavy atom. The summed E-state index contributed by atoms with van der Waals surface area (Å²) < 4.78 is 101. The van der Waals surface area contributed by atoms with E-state index in [4.69, 9.17) is 4.74 Å². The largest absolute Gasteiger partial charge is 0.472 e. The van der Waals surface area contributed by atoms with Crippen LogP contribution in [0, 0.1) is 11.6 Å². The molecule has 11 nitrogen and oxygen atoms in total. The molecule has 1 fully saturated rings. The lowest BCUT2D eigenvalue weighted by atomic mass is 10.1. The number of anilines is 1. The van der Waals surface area contributed by atoms with Gasteiger partial charge in [0, 0.05) is 37.3 Å². The molecule has 230 valence electrons. The first-order valence-electron chi connectivity index (χ1n) is 12.4. The zero-order valence-corrected chi connectivity index (χ0v) is 23.5. The van der Waals surface area contributed by atoms with Crippen molar-refractivity contribution in [3.05, 3.63) is 65.2 Å². The molecule has 1 aliphatic rings. The number of carbonyl (C=O) groups excluding carboxylic acids is 3. The molecule has 0 spiro atoms. The number of hydrogen-bond donors (Lipinski definition) is 2. The summed E-state index contributed by atoms with van der Waals surface area (Å²) >= 11 is 0. The average molecular weight is 622 g/mol. The number of hydrazine groups is 1. The Bertz CT molecular complexity index is 1440. The van der Waals surface area contributed by atoms with Gasteiger partial charge in [0.2, 0.25) is 0 Å². The summed E-state index contributed by atoms with van der Waals surface area (Å²) in [5.74, 6) is -5.58. The summed E-state index contributed by atoms with van der Waals surface area (Å²) in [5, 5.41) is 0. The van der Waals surface area contributed by atoms with Crippen LogP contribution in [0.2, 0.25) is 0 Å². The molecular weight excluding hydrogens is 593 g/mol. The first-order chi connectivity index (χ1) is 19.4. The number of hydrogen-bond acceptors (Lipinski definition) is 6. The molecule has 3 rings (SSSR count). The Morgan fingerprint density at radius 3 is 2.14 bits per heavy atom. The van der Waals surface area contributed by atoms with Gasteiger partial charge in [-0.2, -0.15) is 25.9 Å². The second-order valence-corrected chi connectivity index (χ2v) is 11.9. The highest BCUT2D eigenvalue weighted by atomic mass is 32.2. The maximum absolute atomic E-state index is 15.0. The van der Waals surface area contributed by atoms with Gasteiger partial charge in [0.1, 0.15) is 17.2 Å². The van der Waals surface area contributed by atoms with Crippen LogP contribution in [-0.4, -0.2) is 73.5 Å². The molecule has 0 aromatic heterocycles. The molecule has 3 amide bonds. The fourth-order valence-corrected chi connectivity index (χ4v) is 5.32. The van der Waals surface area contributed by atoms with Crippen LogP contribution in [0.4, 0.5) is 32.4 Å². The first-order valence-corrected chi connectivity index (χ1v) is 13.8. The Kier molecular flexibility index (Phi) is 9.66. The Labute approximate surface area is 238 Å². The van der Waals surface area contributed by atoms with Crippen LogP contribution in [0.25, 0.3) is 0 Å². The van der Waals surface area contributed by atoms with Crippen LogP contribution in [0.3, 0.4) is 0 Å². The molecule has 0 aliphatic carbocycles. The van der Waals surface area contributed by atoms with E-state index in [9.17, 15) is 40.4 Å². The van der Waals surface area contributed by atoms with E-state index >= 15 is 4.39 Å². The molecule has 17 heteroatoms. The number of halogens is 5. The highest BCUT2D eigenvalue weighted by molar-refractivity contribution is 7.90. The van der Waals surface area contributed by atoms with E-state index in [1.807, 2.05) is 0 Å². The third-order valence-corrected chi connectivity index (χ3v) is 7.68. The van der Waals surface area contributed by atoms with E-state index in [-0.39, 0.29) is 37.4 Å². The average Bonchev–Trinajstić information content (AvgIpc) is 2.89. The number of nitrogens with one attached hydrogen (secondary N) is 2. The molecule has 0 radical (unpaired) electrons. The highest BCUT2D eigenvalue weighted by Crippen LogP contribution is 2.26. The van der Waals surface area contributed by atoms with Gasteiger partial charge in [0.15, 0.2) is 0 Å². The van der Waals surface area contributed by atoms with Crippen molar-refractivity contribution in [3.63, 3.8) is 0 Å². The smallest absolute Gasteiger partial charge is 0.444 e. The number of amides is 3. The van der Waals surface area contributed by atoms with E-state index in [0.29, 0.717) is 6.07 Å². The minimum absolute atomic E-state index is 0.00577. The Morgan fingerprint density at radius 1 is 0.952 bits per heavy atom. The molecule has 1 saturated heterocycles. The van der Waals surface area contributed by atoms with Crippen molar-refractivity contribution in [2.75, 3.05) is 30.5 Å². The molecule has 0 unspecified atom stereocenters. The maximum Gasteiger partial charge on any atom is 0.472 e. The summed E-state index contributed by atoms with van der Waals surface area (Å²) in [7, 11) is -4.43. The topological polar surface area (TPSA) is 128 Å². The molecule has 2 N–H and O–H groups in total. The molecule has 0 saturated carbocycles. The van der Waals surface area contributed by atoms with Gasteiger partial charge in [-0.3, -0.25) is 24.7 Å². The van der Waals surface area contributed by atoms with Crippen molar-refractivity contribution in [2.45, 2.75) is 39.1 Å². The molecule has 0 bridgehead atoms. The third kappa shape index (κ3) is 8.28. The molecule has 42 heavy (non-hydrogen) atoms. The fraction of sp³-hybridized carbons (Fsp3) is 0.400. The third-order valence-electron chi connectivity index (χ3n) is 5.77. The summed E-state index contributed by atoms with van der Waals surface area (Å²) in [6.45, 7) is 4.11. The van der Waals surface area contributed by atoms with Crippen molar-refractivity contribution >= 4 is 33.8 Å². The predicted octanol–water partition coefficient (Wildman–Crippen LogP) is 3.09. The van der Waals surface area contributed by atoms with Crippen molar-refractivity contribution in [2.24, 2.45) is 0 Å². The normalized spacial score (nSPS) is 14.7. The molecule has 0 atom stereocenters. The summed E-state index contributed by atoms with van der Waals surface area (Å²) in [6.07, 6.45) is -5.89. The first kappa shape index (κ1) is 32.5. The van der Waals surface area contributed by atoms with Crippen molar-refractivity contribution in [1.82, 2.24) is 20.1 Å². The van der Waals surface area contributed by atoms with Crippen molar-refractivity contribution in [1.29, 1.82) is 0 Å². The van der Waals surface area contributed by atoms with Gasteiger partial charge < -0.3 is 9.64 Å². The van der Waals surface area contributed by atoms with Gasteiger partial charge in [-0.05, 0) is 51.1 Å². The van der Waals surface area contributed by atoms with Gasteiger partial charge in [-0.15, -0.1) is 0 Å². The number of carbonyl (C=O) groups is 3. The van der Waals surface area contributed by atoms with Crippen LogP contribution in [0.1, 0.15) is 36.7 Å². The zero-order valence-electron chi connectivity index (χ0n) is 22.7. The standard InChI is InChI=1S/C25H28F5N5O6S/c1-24(2,3)41-23(38)33-9-11-34(12-10-33)42(39,40)35(19-6-4-5-18(26)14-19)15-17-8-7-16(13-20(17)27)21(36)31-32-22(37)25(28,29)30/h4-8,13-14H,9-12,15H2,1-3H3,(H,31,36)(H,32,37). The van der Waals surface area contributed by atoms with Crippen LogP contribution in [0.5, 0.6) is 0 Å². The van der Waals surface area contributed by atoms with Gasteiger partial charge in [0.05, 0.1) is 12.2 Å². The molecule has 2 aromatic rings. The Balaban J connectivity index is 1.81. The van der Waals surface area contributed by atoms with E-state index in [2.05, 4.69) is 0 Å². The Hall–Kier alpha value is -3.99. The second kappa shape index (κ2) is 12.5. The number of nitrogens with zero attached hydrogens (tertiary/aromatic N) is 3. The lowest BCUT2D eigenvalue weighted by Gasteiger charge is -2.37. The van der Waals surface area contributed by atoms with Crippen LogP contribution in [0.15, 0.2) is 42.5 Å². The van der Waals surface area contributed by atoms with Gasteiger partial charge in [-0.25, -0.2) is 13.6 Å². The van der Waals surface area contributed by atoms with E-state index < -0.39 is 63.6 Å². The van der Waals surface area contributed by atoms with Crippen LogP contribution >= 0.6 is 0 Å². The predicted molar refractivity (Wildman–Crippen MR) is 139 cm³/mol. The lowest BCUT2D eigenvalue weighted by Crippen LogP contribution is -2.54. The highest BCUT2D eigenvalue weighted by Gasteiger charge is 2.39. The lowest BCUT2D eigenvalue weighted by molar-refractivity contribution is -0.174. The molecule has 2 aromatic carbocycles. The number of benzene rings is 2. The van der Waals surface area contributed by atoms with Gasteiger partial charge in [0.25, 0.3) is 5.91 Å². The SMILES string of the molecule is CC(C)(C)OC(=O)N1CCN(S(=O)(=O)N(Cc2ccc(C(=O)NNC(=O)C(F)(F)F)cc2F)c2cccc(F)c2)CC1. The number of rotatable bonds is 6. The molecular formula is C25H28F5N5O6S.